The number of benzene rings is 1. The summed E-state index contributed by atoms with van der Waals surface area (Å²) in [6, 6.07) is 6.42. The van der Waals surface area contributed by atoms with Gasteiger partial charge in [0.15, 0.2) is 0 Å². The van der Waals surface area contributed by atoms with Crippen LogP contribution in [0.15, 0.2) is 48.6 Å². The van der Waals surface area contributed by atoms with Gasteiger partial charge in [0.05, 0.1) is 24.1 Å². The molecule has 5 bridgehead atoms. The molecule has 13 heteroatoms. The van der Waals surface area contributed by atoms with Crippen molar-refractivity contribution in [1.29, 1.82) is 0 Å². The molecule has 1 aromatic heterocycles. The summed E-state index contributed by atoms with van der Waals surface area (Å²) in [5, 5.41) is 20.6. The van der Waals surface area contributed by atoms with Gasteiger partial charge in [-0.3, -0.25) is 19.2 Å². The summed E-state index contributed by atoms with van der Waals surface area (Å²) in [5.41, 5.74) is 0.0965. The van der Waals surface area contributed by atoms with Gasteiger partial charge in [-0.15, -0.1) is 5.10 Å². The van der Waals surface area contributed by atoms with Gasteiger partial charge < -0.3 is 29.7 Å². The lowest BCUT2D eigenvalue weighted by Crippen LogP contribution is -2.56. The van der Waals surface area contributed by atoms with Crippen LogP contribution in [0, 0.1) is 11.8 Å². The molecule has 4 aliphatic rings. The normalized spacial score (nSPS) is 31.5. The summed E-state index contributed by atoms with van der Waals surface area (Å²) >= 11 is 0. The molecule has 0 unspecified atom stereocenters. The number of amides is 3. The number of nitrogens with zero attached hydrogens (tertiary/aromatic N) is 5. The van der Waals surface area contributed by atoms with Crippen LogP contribution < -0.4 is 5.32 Å². The number of likely N-dealkylation sites (tertiary alicyclic amines) is 1. The Morgan fingerprint density at radius 2 is 1.93 bits per heavy atom. The number of para-hydroxylation sites is 1. The van der Waals surface area contributed by atoms with E-state index < -0.39 is 41.7 Å². The molecule has 1 aromatic carbocycles. The van der Waals surface area contributed by atoms with Crippen molar-refractivity contribution in [3.63, 3.8) is 0 Å². The Bertz CT molecular complexity index is 1490. The number of hydrogen-bond donors (Lipinski definition) is 2. The standard InChI is InChI=1S/C31H38N6O7/c1-20-18-32-24(39)12-4-2-7-15-35(19-37-22-11-6-5-10-21(22)33-34-37)29(41)27-31-14-13-23(44-31)25(30(42)43-20)26(31)28(40)36(27)16-8-3-9-17-38/h2,5-7,10-11,13-14,20,23,25-27,38H,3-4,8-9,12,15-19H2,1H3,(H,32,39)/b7-2-/t20-,23+,25-,26-,27+,31-/m1/s1. The summed E-state index contributed by atoms with van der Waals surface area (Å²) in [6.45, 7) is 2.39. The Labute approximate surface area is 254 Å². The number of fused-ring (bicyclic) bond motifs is 3. The Hall–Kier alpha value is -4.10. The highest BCUT2D eigenvalue weighted by atomic mass is 16.6. The number of carbonyl (C=O) groups is 4. The molecule has 4 aliphatic heterocycles. The number of cyclic esters (lactones) is 1. The highest BCUT2D eigenvalue weighted by molar-refractivity contribution is 5.99. The summed E-state index contributed by atoms with van der Waals surface area (Å²) in [7, 11) is 0. The summed E-state index contributed by atoms with van der Waals surface area (Å²) < 4.78 is 13.8. The van der Waals surface area contributed by atoms with Crippen molar-refractivity contribution in [3.05, 3.63) is 48.6 Å². The number of ether oxygens (including phenoxy) is 2. The average molecular weight is 607 g/mol. The number of esters is 1. The van der Waals surface area contributed by atoms with Crippen molar-refractivity contribution in [3.8, 4) is 0 Å². The predicted molar refractivity (Wildman–Crippen MR) is 156 cm³/mol. The summed E-state index contributed by atoms with van der Waals surface area (Å²) in [4.78, 5) is 58.0. The van der Waals surface area contributed by atoms with E-state index in [-0.39, 0.29) is 57.1 Å². The molecule has 2 aromatic rings. The maximum Gasteiger partial charge on any atom is 0.313 e. The SMILES string of the molecule is C[C@@H]1CNC(=O)CC/C=C\CN(Cn2nnc3ccccc32)C(=O)[C@@H]2N(CCCCCO)C(=O)[C@H]3[C@H](C(=O)O1)[C@@H]1C=C[C@]23O1. The van der Waals surface area contributed by atoms with Gasteiger partial charge in [-0.05, 0) is 44.7 Å². The molecule has 3 amide bonds. The third kappa shape index (κ3) is 5.38. The minimum absolute atomic E-state index is 0.0366. The molecule has 2 N–H and O–H groups in total. The fraction of sp³-hybridized carbons (Fsp3) is 0.548. The second kappa shape index (κ2) is 12.5. The van der Waals surface area contributed by atoms with Gasteiger partial charge in [0.2, 0.25) is 11.8 Å². The average Bonchev–Trinajstić information content (AvgIpc) is 3.76. The molecule has 44 heavy (non-hydrogen) atoms. The van der Waals surface area contributed by atoms with Crippen LogP contribution in [-0.4, -0.2) is 104 Å². The second-order valence-electron chi connectivity index (χ2n) is 11.9. The van der Waals surface area contributed by atoms with E-state index in [1.165, 1.54) is 0 Å². The van der Waals surface area contributed by atoms with E-state index >= 15 is 0 Å². The lowest BCUT2D eigenvalue weighted by atomic mass is 9.74. The zero-order valence-corrected chi connectivity index (χ0v) is 24.7. The first-order valence-electron chi connectivity index (χ1n) is 15.3. The van der Waals surface area contributed by atoms with Crippen LogP contribution in [0.25, 0.3) is 11.0 Å². The first kappa shape index (κ1) is 29.9. The van der Waals surface area contributed by atoms with Crippen LogP contribution in [0.5, 0.6) is 0 Å². The zero-order chi connectivity index (χ0) is 30.8. The van der Waals surface area contributed by atoms with Crippen molar-refractivity contribution in [2.75, 3.05) is 26.2 Å². The van der Waals surface area contributed by atoms with Crippen LogP contribution in [0.3, 0.4) is 0 Å². The number of aliphatic hydroxyl groups excluding tert-OH is 1. The van der Waals surface area contributed by atoms with E-state index in [1.54, 1.807) is 33.6 Å². The highest BCUT2D eigenvalue weighted by Crippen LogP contribution is 2.55. The van der Waals surface area contributed by atoms with E-state index in [0.29, 0.717) is 31.2 Å². The fourth-order valence-electron chi connectivity index (χ4n) is 6.80. The first-order valence-corrected chi connectivity index (χ1v) is 15.3. The molecule has 2 saturated heterocycles. The number of unbranched alkanes of at least 4 members (excludes halogenated alkanes) is 2. The van der Waals surface area contributed by atoms with Crippen LogP contribution in [0.4, 0.5) is 0 Å². The topological polar surface area (TPSA) is 156 Å². The molecule has 0 aliphatic carbocycles. The third-order valence-corrected chi connectivity index (χ3v) is 8.91. The molecule has 1 spiro atoms. The molecule has 0 radical (unpaired) electrons. The van der Waals surface area contributed by atoms with Gasteiger partial charge in [-0.25, -0.2) is 4.68 Å². The Morgan fingerprint density at radius 3 is 2.77 bits per heavy atom. The van der Waals surface area contributed by atoms with Crippen molar-refractivity contribution < 1.29 is 33.8 Å². The number of aliphatic hydroxyl groups is 1. The number of hydrogen-bond acceptors (Lipinski definition) is 9. The third-order valence-electron chi connectivity index (χ3n) is 8.91. The fourth-order valence-corrected chi connectivity index (χ4v) is 6.80. The number of aromatic nitrogens is 3. The van der Waals surface area contributed by atoms with Gasteiger partial charge in [0.1, 0.15) is 35.9 Å². The van der Waals surface area contributed by atoms with E-state index in [4.69, 9.17) is 9.47 Å². The Kier molecular flexibility index (Phi) is 8.50. The van der Waals surface area contributed by atoms with Gasteiger partial charge in [0, 0.05) is 26.1 Å². The molecular weight excluding hydrogens is 568 g/mol. The van der Waals surface area contributed by atoms with E-state index in [2.05, 4.69) is 15.6 Å². The molecule has 6 atom stereocenters. The number of nitrogens with one attached hydrogen (secondary N) is 1. The maximum atomic E-state index is 14.7. The highest BCUT2D eigenvalue weighted by Gasteiger charge is 2.73. The molecule has 13 nitrogen and oxygen atoms in total. The van der Waals surface area contributed by atoms with Crippen molar-refractivity contribution in [1.82, 2.24) is 30.1 Å². The summed E-state index contributed by atoms with van der Waals surface area (Å²) in [5.74, 6) is -3.30. The monoisotopic (exact) mass is 606 g/mol. The minimum atomic E-state index is -1.34. The predicted octanol–water partition coefficient (Wildman–Crippen LogP) is 0.929. The lowest BCUT2D eigenvalue weighted by Gasteiger charge is -2.35. The largest absolute Gasteiger partial charge is 0.460 e. The van der Waals surface area contributed by atoms with E-state index in [0.717, 1.165) is 5.52 Å². The van der Waals surface area contributed by atoms with E-state index in [9.17, 15) is 24.3 Å². The quantitative estimate of drug-likeness (QED) is 0.266. The second-order valence-corrected chi connectivity index (χ2v) is 11.9. The van der Waals surface area contributed by atoms with Crippen molar-refractivity contribution in [2.45, 2.75) is 69.5 Å². The lowest BCUT2D eigenvalue weighted by molar-refractivity contribution is -0.158. The number of allylic oxidation sites excluding steroid dienone is 1. The van der Waals surface area contributed by atoms with Crippen LogP contribution in [0.2, 0.25) is 0 Å². The number of rotatable bonds is 7. The molecule has 0 saturated carbocycles. The van der Waals surface area contributed by atoms with E-state index in [1.807, 2.05) is 36.4 Å². The van der Waals surface area contributed by atoms with Crippen LogP contribution in [0.1, 0.15) is 39.0 Å². The van der Waals surface area contributed by atoms with Gasteiger partial charge in [0.25, 0.3) is 5.91 Å². The minimum Gasteiger partial charge on any atom is -0.460 e. The Morgan fingerprint density at radius 1 is 1.09 bits per heavy atom. The smallest absolute Gasteiger partial charge is 0.313 e. The molecule has 6 rings (SSSR count). The van der Waals surface area contributed by atoms with Gasteiger partial charge >= 0.3 is 5.97 Å². The molecule has 2 fully saturated rings. The van der Waals surface area contributed by atoms with Crippen LogP contribution in [-0.2, 0) is 35.3 Å². The first-order chi connectivity index (χ1) is 21.3. The molecular formula is C31H38N6O7. The van der Waals surface area contributed by atoms with Crippen LogP contribution >= 0.6 is 0 Å². The molecule has 234 valence electrons. The van der Waals surface area contributed by atoms with Gasteiger partial charge in [-0.2, -0.15) is 0 Å². The Balaban J connectivity index is 1.39. The number of carbonyl (C=O) groups excluding carboxylic acids is 4. The maximum absolute atomic E-state index is 14.7. The van der Waals surface area contributed by atoms with Crippen molar-refractivity contribution >= 4 is 34.7 Å². The van der Waals surface area contributed by atoms with Crippen molar-refractivity contribution in [2.24, 2.45) is 11.8 Å². The van der Waals surface area contributed by atoms with Gasteiger partial charge in [-0.1, -0.05) is 41.7 Å². The zero-order valence-electron chi connectivity index (χ0n) is 24.7. The molecule has 5 heterocycles. The summed E-state index contributed by atoms with van der Waals surface area (Å²) in [6.07, 6.45) is 8.40.